The van der Waals surface area contributed by atoms with Gasteiger partial charge in [0.25, 0.3) is 0 Å². The number of rotatable bonds is 11. The highest BCUT2D eigenvalue weighted by Crippen LogP contribution is 2.20. The van der Waals surface area contributed by atoms with E-state index in [-0.39, 0.29) is 0 Å². The zero-order valence-electron chi connectivity index (χ0n) is 14.9. The van der Waals surface area contributed by atoms with Gasteiger partial charge in [-0.05, 0) is 48.2 Å². The van der Waals surface area contributed by atoms with Crippen LogP contribution in [0.15, 0.2) is 48.5 Å². The molecule has 1 aliphatic rings. The molecule has 25 heavy (non-hydrogen) atoms. The van der Waals surface area contributed by atoms with E-state index in [4.69, 9.17) is 14.2 Å². The van der Waals surface area contributed by atoms with Crippen molar-refractivity contribution < 1.29 is 14.2 Å². The van der Waals surface area contributed by atoms with Crippen molar-refractivity contribution in [2.24, 2.45) is 0 Å². The Morgan fingerprint density at radius 3 is 2.52 bits per heavy atom. The van der Waals surface area contributed by atoms with Crippen LogP contribution >= 0.6 is 0 Å². The summed E-state index contributed by atoms with van der Waals surface area (Å²) in [4.78, 5) is 0. The quantitative estimate of drug-likeness (QED) is 0.629. The third-order valence-corrected chi connectivity index (χ3v) is 4.16. The Labute approximate surface area is 150 Å². The van der Waals surface area contributed by atoms with Crippen LogP contribution in [0.25, 0.3) is 0 Å². The van der Waals surface area contributed by atoms with Crippen LogP contribution in [-0.4, -0.2) is 26.4 Å². The van der Waals surface area contributed by atoms with Crippen molar-refractivity contribution in [1.29, 1.82) is 0 Å². The van der Waals surface area contributed by atoms with Gasteiger partial charge in [-0.3, -0.25) is 0 Å². The van der Waals surface area contributed by atoms with Crippen molar-refractivity contribution in [3.63, 3.8) is 0 Å². The van der Waals surface area contributed by atoms with Gasteiger partial charge in [0.15, 0.2) is 0 Å². The average molecular weight is 341 g/mol. The lowest BCUT2D eigenvalue weighted by molar-refractivity contribution is 0.172. The Kier molecular flexibility index (Phi) is 6.71. The van der Waals surface area contributed by atoms with Gasteiger partial charge in [-0.15, -0.1) is 0 Å². The summed E-state index contributed by atoms with van der Waals surface area (Å²) >= 11 is 0. The van der Waals surface area contributed by atoms with E-state index in [9.17, 15) is 0 Å². The molecular formula is C21H27NO3. The van der Waals surface area contributed by atoms with Gasteiger partial charge in [-0.1, -0.05) is 24.3 Å². The van der Waals surface area contributed by atoms with Crippen molar-refractivity contribution in [2.45, 2.75) is 38.5 Å². The van der Waals surface area contributed by atoms with E-state index in [0.717, 1.165) is 42.7 Å². The summed E-state index contributed by atoms with van der Waals surface area (Å²) in [6, 6.07) is 17.1. The third-order valence-electron chi connectivity index (χ3n) is 4.16. The van der Waals surface area contributed by atoms with Crippen molar-refractivity contribution in [3.05, 3.63) is 59.7 Å². The monoisotopic (exact) mass is 341 g/mol. The highest BCUT2D eigenvalue weighted by Gasteiger charge is 2.19. The van der Waals surface area contributed by atoms with Crippen LogP contribution in [-0.2, 0) is 17.9 Å². The van der Waals surface area contributed by atoms with Crippen molar-refractivity contribution in [3.8, 4) is 11.5 Å². The topological polar surface area (TPSA) is 39.7 Å². The van der Waals surface area contributed by atoms with Gasteiger partial charge in [-0.2, -0.15) is 0 Å². The Morgan fingerprint density at radius 1 is 0.920 bits per heavy atom. The Hall–Kier alpha value is -2.04. The molecule has 0 heterocycles. The summed E-state index contributed by atoms with van der Waals surface area (Å²) in [6.45, 7) is 2.85. The minimum absolute atomic E-state index is 0.537. The molecule has 0 atom stereocenters. The van der Waals surface area contributed by atoms with Crippen molar-refractivity contribution in [1.82, 2.24) is 5.32 Å². The first-order valence-electron chi connectivity index (χ1n) is 8.99. The SMILES string of the molecule is COCCCOc1cccc(COc2ccc(CNC3CC3)cc2)c1. The molecule has 0 saturated heterocycles. The maximum Gasteiger partial charge on any atom is 0.119 e. The van der Waals surface area contributed by atoms with E-state index in [2.05, 4.69) is 23.5 Å². The molecule has 1 aliphatic carbocycles. The first-order chi connectivity index (χ1) is 12.3. The lowest BCUT2D eigenvalue weighted by Gasteiger charge is -2.10. The standard InChI is InChI=1S/C21H27NO3/c1-23-12-3-13-24-21-5-2-4-18(14-21)16-25-20-10-6-17(7-11-20)15-22-19-8-9-19/h2,4-7,10-11,14,19,22H,3,8-9,12-13,15-16H2,1H3. The molecule has 0 unspecified atom stereocenters. The smallest absolute Gasteiger partial charge is 0.119 e. The minimum atomic E-state index is 0.537. The molecule has 2 aromatic carbocycles. The normalized spacial score (nSPS) is 13.6. The van der Waals surface area contributed by atoms with Crippen LogP contribution in [0.2, 0.25) is 0 Å². The van der Waals surface area contributed by atoms with E-state index in [0.29, 0.717) is 13.2 Å². The average Bonchev–Trinajstić information content (AvgIpc) is 3.48. The van der Waals surface area contributed by atoms with Crippen LogP contribution < -0.4 is 14.8 Å². The number of hydrogen-bond acceptors (Lipinski definition) is 4. The molecule has 2 aromatic rings. The predicted molar refractivity (Wildman–Crippen MR) is 99.1 cm³/mol. The number of methoxy groups -OCH3 is 1. The molecule has 1 fully saturated rings. The molecule has 0 aliphatic heterocycles. The van der Waals surface area contributed by atoms with Crippen LogP contribution in [0.4, 0.5) is 0 Å². The van der Waals surface area contributed by atoms with E-state index in [1.165, 1.54) is 18.4 Å². The molecule has 4 nitrogen and oxygen atoms in total. The summed E-state index contributed by atoms with van der Waals surface area (Å²) in [6.07, 6.45) is 3.52. The zero-order valence-corrected chi connectivity index (χ0v) is 14.9. The lowest BCUT2D eigenvalue weighted by Crippen LogP contribution is -2.15. The molecule has 1 N–H and O–H groups in total. The second kappa shape index (κ2) is 9.44. The zero-order chi connectivity index (χ0) is 17.3. The first-order valence-corrected chi connectivity index (χ1v) is 8.99. The summed E-state index contributed by atoms with van der Waals surface area (Å²) in [5, 5.41) is 3.52. The molecule has 0 spiro atoms. The van der Waals surface area contributed by atoms with Crippen molar-refractivity contribution >= 4 is 0 Å². The van der Waals surface area contributed by atoms with Crippen LogP contribution in [0.1, 0.15) is 30.4 Å². The molecule has 3 rings (SSSR count). The summed E-state index contributed by atoms with van der Waals surface area (Å²) in [5.74, 6) is 1.76. The maximum absolute atomic E-state index is 5.89. The molecular weight excluding hydrogens is 314 g/mol. The molecule has 4 heteroatoms. The molecule has 0 amide bonds. The van der Waals surface area contributed by atoms with Gasteiger partial charge in [0.1, 0.15) is 18.1 Å². The largest absolute Gasteiger partial charge is 0.493 e. The van der Waals surface area contributed by atoms with Gasteiger partial charge in [-0.25, -0.2) is 0 Å². The van der Waals surface area contributed by atoms with Gasteiger partial charge >= 0.3 is 0 Å². The fourth-order valence-corrected chi connectivity index (χ4v) is 2.54. The van der Waals surface area contributed by atoms with E-state index in [1.54, 1.807) is 7.11 Å². The fraction of sp³-hybridized carbons (Fsp3) is 0.429. The third kappa shape index (κ3) is 6.40. The lowest BCUT2D eigenvalue weighted by atomic mass is 10.2. The van der Waals surface area contributed by atoms with Crippen LogP contribution in [0.5, 0.6) is 11.5 Å². The van der Waals surface area contributed by atoms with E-state index < -0.39 is 0 Å². The minimum Gasteiger partial charge on any atom is -0.493 e. The number of hydrogen-bond donors (Lipinski definition) is 1. The van der Waals surface area contributed by atoms with Crippen molar-refractivity contribution in [2.75, 3.05) is 20.3 Å². The Morgan fingerprint density at radius 2 is 1.76 bits per heavy atom. The Balaban J connectivity index is 1.44. The first kappa shape index (κ1) is 17.8. The van der Waals surface area contributed by atoms with Gasteiger partial charge in [0.05, 0.1) is 6.61 Å². The highest BCUT2D eigenvalue weighted by molar-refractivity contribution is 5.30. The second-order valence-corrected chi connectivity index (χ2v) is 6.43. The molecule has 1 saturated carbocycles. The van der Waals surface area contributed by atoms with Gasteiger partial charge < -0.3 is 19.5 Å². The number of benzene rings is 2. The summed E-state index contributed by atoms with van der Waals surface area (Å²) in [5.41, 5.74) is 2.40. The Bertz CT molecular complexity index is 638. The summed E-state index contributed by atoms with van der Waals surface area (Å²) in [7, 11) is 1.70. The summed E-state index contributed by atoms with van der Waals surface area (Å²) < 4.78 is 16.6. The van der Waals surface area contributed by atoms with Crippen LogP contribution in [0, 0.1) is 0 Å². The number of ether oxygens (including phenoxy) is 3. The molecule has 0 radical (unpaired) electrons. The maximum atomic E-state index is 5.89. The van der Waals surface area contributed by atoms with Crippen LogP contribution in [0.3, 0.4) is 0 Å². The van der Waals surface area contributed by atoms with Gasteiger partial charge in [0.2, 0.25) is 0 Å². The number of nitrogens with one attached hydrogen (secondary N) is 1. The fourth-order valence-electron chi connectivity index (χ4n) is 2.54. The second-order valence-electron chi connectivity index (χ2n) is 6.43. The van der Waals surface area contributed by atoms with E-state index in [1.807, 2.05) is 30.3 Å². The van der Waals surface area contributed by atoms with E-state index >= 15 is 0 Å². The van der Waals surface area contributed by atoms with Gasteiger partial charge in [0, 0.05) is 32.7 Å². The molecule has 0 aromatic heterocycles. The molecule has 0 bridgehead atoms. The predicted octanol–water partition coefficient (Wildman–Crippen LogP) is 3.93. The highest BCUT2D eigenvalue weighted by atomic mass is 16.5. The molecule has 134 valence electrons.